The largest absolute Gasteiger partial charge is 0.455 e. The van der Waals surface area contributed by atoms with Crippen LogP contribution in [0.25, 0.3) is 111 Å². The van der Waals surface area contributed by atoms with E-state index in [2.05, 4.69) is 163 Å². The first-order chi connectivity index (χ1) is 27.2. The van der Waals surface area contributed by atoms with E-state index in [1.807, 2.05) is 12.1 Å². The molecule has 4 nitrogen and oxygen atoms in total. The Labute approximate surface area is 316 Å². The van der Waals surface area contributed by atoms with Gasteiger partial charge in [0.2, 0.25) is 0 Å². The molecule has 0 amide bonds. The normalized spacial score (nSPS) is 14.3. The van der Waals surface area contributed by atoms with Crippen LogP contribution in [-0.2, 0) is 0 Å². The molecule has 0 bridgehead atoms. The maximum absolute atomic E-state index is 6.49. The van der Waals surface area contributed by atoms with Crippen LogP contribution in [0.5, 0.6) is 0 Å². The summed E-state index contributed by atoms with van der Waals surface area (Å²) in [6.07, 6.45) is 5.62. The van der Waals surface area contributed by atoms with Gasteiger partial charge in [-0.3, -0.25) is 0 Å². The van der Waals surface area contributed by atoms with Gasteiger partial charge in [0.1, 0.15) is 11.2 Å². The van der Waals surface area contributed by atoms with Gasteiger partial charge in [0.25, 0.3) is 0 Å². The molecule has 3 heterocycles. The molecule has 0 saturated heterocycles. The molecule has 12 rings (SSSR count). The van der Waals surface area contributed by atoms with E-state index < -0.39 is 0 Å². The monoisotopic (exact) mass is 703 g/mol. The number of benzene rings is 8. The average molecular weight is 704 g/mol. The molecule has 55 heavy (non-hydrogen) atoms. The minimum Gasteiger partial charge on any atom is -0.455 e. The quantitative estimate of drug-likeness (QED) is 0.184. The second-order valence-corrected chi connectivity index (χ2v) is 14.9. The SMILES string of the molecule is CC1CC=Cc2c(-c3nc(-c4cccc5c4oc4ccccc45)nc4ccccc34)ccc(-n3c4cc5ccccc5cc4c4ccc5ccccc5c43)c21. The van der Waals surface area contributed by atoms with E-state index in [-0.39, 0.29) is 5.92 Å². The Morgan fingerprint density at radius 3 is 2.22 bits per heavy atom. The van der Waals surface area contributed by atoms with E-state index in [9.17, 15) is 0 Å². The lowest BCUT2D eigenvalue weighted by Gasteiger charge is -2.26. The van der Waals surface area contributed by atoms with Crippen LogP contribution < -0.4 is 0 Å². The number of fused-ring (bicyclic) bond motifs is 11. The molecule has 0 N–H and O–H groups in total. The maximum atomic E-state index is 6.49. The van der Waals surface area contributed by atoms with Gasteiger partial charge in [0.15, 0.2) is 5.82 Å². The molecule has 3 aromatic heterocycles. The molecular formula is C51H33N3O. The van der Waals surface area contributed by atoms with Crippen molar-refractivity contribution in [1.82, 2.24) is 14.5 Å². The fourth-order valence-electron chi connectivity index (χ4n) is 9.27. The average Bonchev–Trinajstić information content (AvgIpc) is 3.78. The lowest BCUT2D eigenvalue weighted by atomic mass is 9.83. The fraction of sp³-hybridized carbons (Fsp3) is 0.0588. The van der Waals surface area contributed by atoms with Crippen LogP contribution in [0.3, 0.4) is 0 Å². The number of rotatable bonds is 3. The number of furan rings is 1. The van der Waals surface area contributed by atoms with Gasteiger partial charge in [-0.25, -0.2) is 9.97 Å². The van der Waals surface area contributed by atoms with Crippen LogP contribution in [0.15, 0.2) is 162 Å². The molecule has 11 aromatic rings. The van der Waals surface area contributed by atoms with Crippen molar-refractivity contribution in [3.8, 4) is 28.3 Å². The number of nitrogens with zero attached hydrogens (tertiary/aromatic N) is 3. The molecule has 0 aliphatic heterocycles. The first kappa shape index (κ1) is 30.4. The molecule has 258 valence electrons. The van der Waals surface area contributed by atoms with Gasteiger partial charge >= 0.3 is 0 Å². The Kier molecular flexibility index (Phi) is 6.35. The van der Waals surface area contributed by atoms with Gasteiger partial charge in [-0.15, -0.1) is 0 Å². The highest BCUT2D eigenvalue weighted by Gasteiger charge is 2.26. The smallest absolute Gasteiger partial charge is 0.164 e. The molecule has 1 aliphatic carbocycles. The van der Waals surface area contributed by atoms with Crippen molar-refractivity contribution in [2.45, 2.75) is 19.3 Å². The molecular weight excluding hydrogens is 671 g/mol. The number of aromatic nitrogens is 3. The molecule has 1 aliphatic rings. The van der Waals surface area contributed by atoms with E-state index in [4.69, 9.17) is 14.4 Å². The zero-order chi connectivity index (χ0) is 36.2. The molecule has 0 radical (unpaired) electrons. The molecule has 1 unspecified atom stereocenters. The van der Waals surface area contributed by atoms with E-state index in [0.29, 0.717) is 5.82 Å². The third kappa shape index (κ3) is 4.40. The maximum Gasteiger partial charge on any atom is 0.164 e. The number of hydrogen-bond acceptors (Lipinski definition) is 3. The van der Waals surface area contributed by atoms with Crippen molar-refractivity contribution in [1.29, 1.82) is 0 Å². The third-order valence-corrected chi connectivity index (χ3v) is 11.8. The van der Waals surface area contributed by atoms with Crippen molar-refractivity contribution in [3.05, 3.63) is 169 Å². The molecule has 0 fully saturated rings. The van der Waals surface area contributed by atoms with Crippen LogP contribution >= 0.6 is 0 Å². The van der Waals surface area contributed by atoms with E-state index in [1.165, 1.54) is 60.2 Å². The van der Waals surface area contributed by atoms with Crippen molar-refractivity contribution in [2.75, 3.05) is 0 Å². The Morgan fingerprint density at radius 1 is 0.582 bits per heavy atom. The highest BCUT2D eigenvalue weighted by Crippen LogP contribution is 2.46. The second-order valence-electron chi connectivity index (χ2n) is 14.9. The highest BCUT2D eigenvalue weighted by molar-refractivity contribution is 6.21. The van der Waals surface area contributed by atoms with Crippen LogP contribution in [0.1, 0.15) is 30.4 Å². The van der Waals surface area contributed by atoms with Crippen molar-refractivity contribution in [2.24, 2.45) is 0 Å². The summed E-state index contributed by atoms with van der Waals surface area (Å²) in [5.74, 6) is 0.944. The Hall–Kier alpha value is -7.04. The molecule has 4 heteroatoms. The van der Waals surface area contributed by atoms with Gasteiger partial charge in [-0.1, -0.05) is 134 Å². The Balaban J connectivity index is 1.16. The second kappa shape index (κ2) is 11.5. The fourth-order valence-corrected chi connectivity index (χ4v) is 9.27. The highest BCUT2D eigenvalue weighted by atomic mass is 16.3. The lowest BCUT2D eigenvalue weighted by Crippen LogP contribution is -2.09. The number of hydrogen-bond donors (Lipinski definition) is 0. The summed E-state index contributed by atoms with van der Waals surface area (Å²) >= 11 is 0. The summed E-state index contributed by atoms with van der Waals surface area (Å²) < 4.78 is 9.04. The summed E-state index contributed by atoms with van der Waals surface area (Å²) in [5.41, 5.74) is 11.7. The van der Waals surface area contributed by atoms with Crippen LogP contribution in [0.2, 0.25) is 0 Å². The van der Waals surface area contributed by atoms with Crippen LogP contribution in [-0.4, -0.2) is 14.5 Å². The zero-order valence-electron chi connectivity index (χ0n) is 30.1. The van der Waals surface area contributed by atoms with Gasteiger partial charge in [0, 0.05) is 37.9 Å². The van der Waals surface area contributed by atoms with Gasteiger partial charge in [-0.2, -0.15) is 0 Å². The predicted octanol–water partition coefficient (Wildman–Crippen LogP) is 13.8. The predicted molar refractivity (Wildman–Crippen MR) is 229 cm³/mol. The van der Waals surface area contributed by atoms with E-state index >= 15 is 0 Å². The molecule has 0 saturated carbocycles. The zero-order valence-corrected chi connectivity index (χ0v) is 30.1. The van der Waals surface area contributed by atoms with E-state index in [0.717, 1.165) is 56.1 Å². The number of allylic oxidation sites excluding steroid dienone is 1. The van der Waals surface area contributed by atoms with Gasteiger partial charge in [-0.05, 0) is 76.0 Å². The van der Waals surface area contributed by atoms with Gasteiger partial charge in [0.05, 0.1) is 33.5 Å². The van der Waals surface area contributed by atoms with Crippen molar-refractivity contribution in [3.63, 3.8) is 0 Å². The first-order valence-electron chi connectivity index (χ1n) is 19.1. The summed E-state index contributed by atoms with van der Waals surface area (Å²) in [7, 11) is 0. The standard InChI is InChI=1S/C51H33N3O/c1-30-12-10-19-36-37(48-40-18-6-8-22-43(40)52-51(53-48)41-21-11-20-39-35-17-7-9-23-46(35)55-50(39)41)26-27-44(47(30)36)54-45-29-33-15-3-2-14-32(33)28-42(45)38-25-24-31-13-4-5-16-34(31)49(38)54/h2-11,13-30H,12H2,1H3. The van der Waals surface area contributed by atoms with Crippen LogP contribution in [0.4, 0.5) is 0 Å². The summed E-state index contributed by atoms with van der Waals surface area (Å²) in [4.78, 5) is 10.6. The Morgan fingerprint density at radius 2 is 1.33 bits per heavy atom. The topological polar surface area (TPSA) is 43.9 Å². The number of para-hydroxylation sites is 3. The van der Waals surface area contributed by atoms with Gasteiger partial charge < -0.3 is 8.98 Å². The summed E-state index contributed by atoms with van der Waals surface area (Å²) in [6, 6.07) is 54.3. The summed E-state index contributed by atoms with van der Waals surface area (Å²) in [6.45, 7) is 2.36. The lowest BCUT2D eigenvalue weighted by molar-refractivity contribution is 0.669. The molecule has 8 aromatic carbocycles. The molecule has 1 atom stereocenters. The van der Waals surface area contributed by atoms with Crippen LogP contribution in [0, 0.1) is 0 Å². The van der Waals surface area contributed by atoms with Crippen molar-refractivity contribution >= 4 is 82.3 Å². The molecule has 0 spiro atoms. The van der Waals surface area contributed by atoms with Crippen molar-refractivity contribution < 1.29 is 4.42 Å². The minimum atomic E-state index is 0.287. The van der Waals surface area contributed by atoms with E-state index in [1.54, 1.807) is 0 Å². The first-order valence-corrected chi connectivity index (χ1v) is 19.1. The summed E-state index contributed by atoms with van der Waals surface area (Å²) in [5, 5.41) is 10.7. The minimum absolute atomic E-state index is 0.287. The third-order valence-electron chi connectivity index (χ3n) is 11.8. The Bertz CT molecular complexity index is 3440.